The van der Waals surface area contributed by atoms with Gasteiger partial charge >= 0.3 is 0 Å². The van der Waals surface area contributed by atoms with Crippen molar-refractivity contribution in [3.8, 4) is 17.1 Å². The lowest BCUT2D eigenvalue weighted by molar-refractivity contribution is 0.101. The van der Waals surface area contributed by atoms with Crippen LogP contribution in [-0.4, -0.2) is 11.1 Å². The average molecular weight is 561 g/mol. The smallest absolute Gasteiger partial charge is 0.277 e. The first-order chi connectivity index (χ1) is 18.5. The van der Waals surface area contributed by atoms with Crippen molar-refractivity contribution in [2.45, 2.75) is 17.3 Å². The van der Waals surface area contributed by atoms with Crippen LogP contribution in [0.15, 0.2) is 113 Å². The number of hydrogen-bond acceptors (Lipinski definition) is 5. The molecule has 5 aromatic rings. The molecule has 1 heterocycles. The molecule has 0 bridgehead atoms. The summed E-state index contributed by atoms with van der Waals surface area (Å²) in [5, 5.41) is 8.29. The lowest BCUT2D eigenvalue weighted by Crippen LogP contribution is -2.12. The molecule has 5 nitrogen and oxygen atoms in total. The van der Waals surface area contributed by atoms with Crippen LogP contribution in [0.25, 0.3) is 11.3 Å². The van der Waals surface area contributed by atoms with Gasteiger partial charge in [-0.2, -0.15) is 0 Å². The van der Waals surface area contributed by atoms with Gasteiger partial charge < -0.3 is 14.6 Å². The van der Waals surface area contributed by atoms with Gasteiger partial charge in [-0.3, -0.25) is 4.79 Å². The first-order valence-electron chi connectivity index (χ1n) is 11.8. The van der Waals surface area contributed by atoms with Gasteiger partial charge in [0.05, 0.1) is 5.69 Å². The van der Waals surface area contributed by atoms with Gasteiger partial charge in [0.25, 0.3) is 5.91 Å². The van der Waals surface area contributed by atoms with E-state index in [-0.39, 0.29) is 11.6 Å². The first-order valence-corrected chi connectivity index (χ1v) is 13.5. The molecule has 0 aliphatic heterocycles. The van der Waals surface area contributed by atoms with Crippen molar-refractivity contribution >= 4 is 46.6 Å². The second kappa shape index (κ2) is 12.2. The third kappa shape index (κ3) is 6.58. The second-order valence-electron chi connectivity index (χ2n) is 8.35. The van der Waals surface area contributed by atoms with Gasteiger partial charge in [0.2, 0.25) is 0 Å². The Morgan fingerprint density at radius 2 is 1.68 bits per heavy atom. The topological polar surface area (TPSA) is 64.4 Å². The average Bonchev–Trinajstić information content (AvgIpc) is 3.43. The van der Waals surface area contributed by atoms with E-state index < -0.39 is 0 Å². The zero-order valence-corrected chi connectivity index (χ0v) is 22.4. The van der Waals surface area contributed by atoms with Crippen LogP contribution >= 0.6 is 35.0 Å². The highest BCUT2D eigenvalue weighted by Crippen LogP contribution is 2.31. The summed E-state index contributed by atoms with van der Waals surface area (Å²) in [4.78, 5) is 13.9. The Kier molecular flexibility index (Phi) is 8.34. The number of hydrogen-bond donors (Lipinski definition) is 1. The zero-order valence-electron chi connectivity index (χ0n) is 20.1. The quantitative estimate of drug-likeness (QED) is 0.182. The van der Waals surface area contributed by atoms with E-state index >= 15 is 0 Å². The van der Waals surface area contributed by atoms with Crippen LogP contribution in [0.3, 0.4) is 0 Å². The molecule has 0 saturated heterocycles. The molecule has 0 fully saturated rings. The molecule has 4 aromatic carbocycles. The van der Waals surface area contributed by atoms with Crippen molar-refractivity contribution in [3.05, 3.63) is 130 Å². The molecule has 0 aliphatic rings. The highest BCUT2D eigenvalue weighted by atomic mass is 35.5. The predicted octanol–water partition coefficient (Wildman–Crippen LogP) is 8.77. The number of carbonyl (C=O) groups excluding carboxylic acids is 1. The Labute approximate surface area is 234 Å². The van der Waals surface area contributed by atoms with Gasteiger partial charge in [-0.15, -0.1) is 11.8 Å². The molecule has 0 spiro atoms. The molecule has 190 valence electrons. The monoisotopic (exact) mass is 560 g/mol. The number of para-hydroxylation sites is 1. The molecule has 1 amide bonds. The van der Waals surface area contributed by atoms with Crippen molar-refractivity contribution in [2.24, 2.45) is 0 Å². The van der Waals surface area contributed by atoms with Crippen molar-refractivity contribution in [1.29, 1.82) is 0 Å². The lowest BCUT2D eigenvalue weighted by Gasteiger charge is -2.10. The molecule has 0 atom stereocenters. The highest BCUT2D eigenvalue weighted by Gasteiger charge is 2.16. The van der Waals surface area contributed by atoms with Crippen LogP contribution in [0.1, 0.15) is 21.6 Å². The van der Waals surface area contributed by atoms with Crippen LogP contribution in [0.2, 0.25) is 10.0 Å². The number of anilines is 1. The minimum atomic E-state index is -0.351. The number of rotatable bonds is 9. The number of aromatic nitrogens is 1. The summed E-state index contributed by atoms with van der Waals surface area (Å²) in [7, 11) is 0. The van der Waals surface area contributed by atoms with E-state index in [0.717, 1.165) is 27.3 Å². The van der Waals surface area contributed by atoms with Gasteiger partial charge in [0, 0.05) is 37.9 Å². The molecular formula is C30H22Cl2N2O3S. The van der Waals surface area contributed by atoms with Gasteiger partial charge in [-0.25, -0.2) is 0 Å². The fraction of sp³-hybridized carbons (Fsp3) is 0.0667. The minimum absolute atomic E-state index is 0.189. The molecule has 38 heavy (non-hydrogen) atoms. The number of carbonyl (C=O) groups is 1. The zero-order chi connectivity index (χ0) is 26.3. The van der Waals surface area contributed by atoms with Gasteiger partial charge in [0.15, 0.2) is 11.5 Å². The number of nitrogens with one attached hydrogen (secondary N) is 1. The first kappa shape index (κ1) is 25.9. The van der Waals surface area contributed by atoms with E-state index in [2.05, 4.69) is 10.5 Å². The Bertz CT molecular complexity index is 1550. The lowest BCUT2D eigenvalue weighted by atomic mass is 10.1. The number of thioether (sulfide) groups is 1. The normalized spacial score (nSPS) is 10.8. The third-order valence-corrected chi connectivity index (χ3v) is 7.40. The van der Waals surface area contributed by atoms with Gasteiger partial charge in [0.1, 0.15) is 12.4 Å². The number of amides is 1. The third-order valence-electron chi connectivity index (χ3n) is 5.65. The molecule has 1 N–H and O–H groups in total. The molecule has 0 saturated carbocycles. The van der Waals surface area contributed by atoms with Crippen LogP contribution in [0, 0.1) is 0 Å². The maximum atomic E-state index is 12.9. The molecule has 1 aromatic heterocycles. The SMILES string of the molecule is O=C(Nc1ccccc1SCc1cccc(Cl)c1)c1cc(-c2ccc(OCc3ccccc3Cl)cc2)on1. The van der Waals surface area contributed by atoms with Crippen LogP contribution in [0.4, 0.5) is 5.69 Å². The fourth-order valence-corrected chi connectivity index (χ4v) is 5.03. The molecule has 0 unspecified atom stereocenters. The Hall–Kier alpha value is -3.71. The molecule has 5 rings (SSSR count). The number of nitrogens with zero attached hydrogens (tertiary/aromatic N) is 1. The summed E-state index contributed by atoms with van der Waals surface area (Å²) in [6, 6.07) is 31.9. The van der Waals surface area contributed by atoms with Crippen LogP contribution < -0.4 is 10.1 Å². The van der Waals surface area contributed by atoms with Gasteiger partial charge in [-0.1, -0.05) is 70.8 Å². The van der Waals surface area contributed by atoms with E-state index in [9.17, 15) is 4.79 Å². The maximum absolute atomic E-state index is 12.9. The summed E-state index contributed by atoms with van der Waals surface area (Å²) in [5.74, 6) is 1.55. The Morgan fingerprint density at radius 3 is 2.50 bits per heavy atom. The largest absolute Gasteiger partial charge is 0.489 e. The maximum Gasteiger partial charge on any atom is 0.277 e. The highest BCUT2D eigenvalue weighted by molar-refractivity contribution is 7.98. The number of benzene rings is 4. The van der Waals surface area contributed by atoms with E-state index in [0.29, 0.717) is 33.8 Å². The number of halogens is 2. The molecular weight excluding hydrogens is 539 g/mol. The fourth-order valence-electron chi connectivity index (χ4n) is 3.68. The van der Waals surface area contributed by atoms with Gasteiger partial charge in [-0.05, 0) is 60.2 Å². The minimum Gasteiger partial charge on any atom is -0.489 e. The van der Waals surface area contributed by atoms with E-state index in [4.69, 9.17) is 32.5 Å². The predicted molar refractivity (Wildman–Crippen MR) is 153 cm³/mol. The summed E-state index contributed by atoms with van der Waals surface area (Å²) in [6.07, 6.45) is 0. The summed E-state index contributed by atoms with van der Waals surface area (Å²) in [6.45, 7) is 0.366. The Balaban J connectivity index is 1.21. The number of ether oxygens (including phenoxy) is 1. The molecule has 0 aliphatic carbocycles. The standard InChI is InChI=1S/C30H22Cl2N2O3S/c31-23-8-5-6-20(16-23)19-38-29-11-4-3-10-26(29)33-30(35)27-17-28(37-34-27)21-12-14-24(15-13-21)36-18-22-7-1-2-9-25(22)32/h1-17H,18-19H2,(H,33,35). The summed E-state index contributed by atoms with van der Waals surface area (Å²) in [5.41, 5.74) is 3.68. The Morgan fingerprint density at radius 1 is 0.895 bits per heavy atom. The van der Waals surface area contributed by atoms with Crippen molar-refractivity contribution in [1.82, 2.24) is 5.16 Å². The summed E-state index contributed by atoms with van der Waals surface area (Å²) >= 11 is 13.9. The molecule has 8 heteroatoms. The van der Waals surface area contributed by atoms with E-state index in [1.54, 1.807) is 17.8 Å². The van der Waals surface area contributed by atoms with Crippen LogP contribution in [-0.2, 0) is 12.4 Å². The summed E-state index contributed by atoms with van der Waals surface area (Å²) < 4.78 is 11.3. The second-order valence-corrected chi connectivity index (χ2v) is 10.2. The van der Waals surface area contributed by atoms with E-state index in [1.807, 2.05) is 97.1 Å². The molecule has 0 radical (unpaired) electrons. The van der Waals surface area contributed by atoms with Crippen LogP contribution in [0.5, 0.6) is 5.75 Å². The van der Waals surface area contributed by atoms with Crippen molar-refractivity contribution in [2.75, 3.05) is 5.32 Å². The van der Waals surface area contributed by atoms with Crippen molar-refractivity contribution in [3.63, 3.8) is 0 Å². The van der Waals surface area contributed by atoms with E-state index in [1.165, 1.54) is 0 Å². The van der Waals surface area contributed by atoms with Crippen molar-refractivity contribution < 1.29 is 14.1 Å².